The number of hydrogen-bond acceptors (Lipinski definition) is 4. The van der Waals surface area contributed by atoms with Crippen LogP contribution < -0.4 is 5.73 Å². The maximum Gasteiger partial charge on any atom is 0.147 e. The average molecular weight is 291 g/mol. The van der Waals surface area contributed by atoms with Crippen LogP contribution >= 0.6 is 0 Å². The third kappa shape index (κ3) is 3.95. The largest absolute Gasteiger partial charge is 0.409 e. The predicted octanol–water partition coefficient (Wildman–Crippen LogP) is 1.75. The summed E-state index contributed by atoms with van der Waals surface area (Å²) in [5, 5.41) is 22.4. The van der Waals surface area contributed by atoms with E-state index >= 15 is 0 Å². The lowest BCUT2D eigenvalue weighted by Crippen LogP contribution is -2.46. The summed E-state index contributed by atoms with van der Waals surface area (Å²) < 4.78 is 0. The second-order valence-electron chi connectivity index (χ2n) is 5.85. The third-order valence-corrected chi connectivity index (χ3v) is 4.41. The summed E-state index contributed by atoms with van der Waals surface area (Å²) >= 11 is 0. The minimum absolute atomic E-state index is 0.149. The Morgan fingerprint density at radius 2 is 2.00 bits per heavy atom. The fraction of sp³-hybridized carbons (Fsp3) is 0.562. The van der Waals surface area contributed by atoms with Crippen LogP contribution in [0, 0.1) is 0 Å². The first-order valence-corrected chi connectivity index (χ1v) is 7.54. The topological polar surface area (TPSA) is 82.1 Å². The molecular formula is C16H25N3O2. The van der Waals surface area contributed by atoms with E-state index in [-0.39, 0.29) is 23.9 Å². The van der Waals surface area contributed by atoms with Gasteiger partial charge in [-0.3, -0.25) is 4.90 Å². The van der Waals surface area contributed by atoms with Crippen LogP contribution in [0.3, 0.4) is 0 Å². The zero-order valence-electron chi connectivity index (χ0n) is 12.5. The van der Waals surface area contributed by atoms with Crippen molar-refractivity contribution in [3.05, 3.63) is 35.9 Å². The SMILES string of the molecule is CN(CC(/C(N)=N/O)c1ccccc1)C1CCCCC1O. The molecule has 5 heteroatoms. The van der Waals surface area contributed by atoms with Gasteiger partial charge in [-0.15, -0.1) is 0 Å². The number of benzene rings is 1. The summed E-state index contributed by atoms with van der Waals surface area (Å²) in [5.41, 5.74) is 6.89. The number of oxime groups is 1. The van der Waals surface area contributed by atoms with E-state index in [9.17, 15) is 5.11 Å². The summed E-state index contributed by atoms with van der Waals surface area (Å²) in [5.74, 6) is 0.0358. The number of nitrogens with two attached hydrogens (primary N) is 1. The van der Waals surface area contributed by atoms with Gasteiger partial charge in [0.2, 0.25) is 0 Å². The second-order valence-corrected chi connectivity index (χ2v) is 5.85. The highest BCUT2D eigenvalue weighted by Crippen LogP contribution is 2.25. The summed E-state index contributed by atoms with van der Waals surface area (Å²) in [6, 6.07) is 9.95. The van der Waals surface area contributed by atoms with Gasteiger partial charge in [-0.1, -0.05) is 48.3 Å². The van der Waals surface area contributed by atoms with Gasteiger partial charge in [-0.05, 0) is 25.5 Å². The third-order valence-electron chi connectivity index (χ3n) is 4.41. The van der Waals surface area contributed by atoms with Crippen LogP contribution in [0.15, 0.2) is 35.5 Å². The standard InChI is InChI=1S/C16H25N3O2/c1-19(14-9-5-6-10-15(14)20)11-13(16(17)18-21)12-7-3-2-4-8-12/h2-4,7-8,13-15,20-21H,5-6,9-11H2,1H3,(H2,17,18). The van der Waals surface area contributed by atoms with Crippen molar-refractivity contribution in [2.75, 3.05) is 13.6 Å². The maximum atomic E-state index is 10.2. The molecule has 0 saturated heterocycles. The van der Waals surface area contributed by atoms with E-state index in [4.69, 9.17) is 10.9 Å². The molecule has 3 unspecified atom stereocenters. The summed E-state index contributed by atoms with van der Waals surface area (Å²) in [7, 11) is 2.00. The fourth-order valence-electron chi connectivity index (χ4n) is 3.15. The van der Waals surface area contributed by atoms with Crippen LogP contribution in [0.1, 0.15) is 37.2 Å². The Hall–Kier alpha value is -1.59. The van der Waals surface area contributed by atoms with Crippen LogP contribution in [0.25, 0.3) is 0 Å². The molecule has 116 valence electrons. The first kappa shape index (κ1) is 15.8. The van der Waals surface area contributed by atoms with E-state index < -0.39 is 0 Å². The van der Waals surface area contributed by atoms with Crippen molar-refractivity contribution in [3.63, 3.8) is 0 Å². The minimum atomic E-state index is -0.285. The number of aliphatic hydroxyl groups excluding tert-OH is 1. The monoisotopic (exact) mass is 291 g/mol. The number of likely N-dealkylation sites (N-methyl/N-ethyl adjacent to an activating group) is 1. The Bertz CT molecular complexity index is 464. The second kappa shape index (κ2) is 7.43. The van der Waals surface area contributed by atoms with Crippen LogP contribution in [0.4, 0.5) is 0 Å². The zero-order chi connectivity index (χ0) is 15.2. The molecular weight excluding hydrogens is 266 g/mol. The average Bonchev–Trinajstić information content (AvgIpc) is 2.53. The van der Waals surface area contributed by atoms with Crippen LogP contribution in [0.2, 0.25) is 0 Å². The molecule has 3 atom stereocenters. The maximum absolute atomic E-state index is 10.2. The Kier molecular flexibility index (Phi) is 5.59. The summed E-state index contributed by atoms with van der Waals surface area (Å²) in [6.07, 6.45) is 3.80. The van der Waals surface area contributed by atoms with E-state index in [1.165, 1.54) is 0 Å². The number of amidine groups is 1. The molecule has 1 aliphatic carbocycles. The number of aliphatic hydroxyl groups is 1. The first-order valence-electron chi connectivity index (χ1n) is 7.54. The molecule has 4 N–H and O–H groups in total. The highest BCUT2D eigenvalue weighted by Gasteiger charge is 2.29. The Morgan fingerprint density at radius 1 is 1.33 bits per heavy atom. The Labute approximate surface area is 126 Å². The van der Waals surface area contributed by atoms with E-state index in [0.29, 0.717) is 6.54 Å². The molecule has 2 rings (SSSR count). The highest BCUT2D eigenvalue weighted by molar-refractivity contribution is 5.87. The smallest absolute Gasteiger partial charge is 0.147 e. The van der Waals surface area contributed by atoms with Crippen LogP contribution in [-0.4, -0.2) is 46.8 Å². The molecule has 0 spiro atoms. The summed E-state index contributed by atoms with van der Waals surface area (Å²) in [6.45, 7) is 0.627. The van der Waals surface area contributed by atoms with Gasteiger partial charge in [-0.25, -0.2) is 0 Å². The predicted molar refractivity (Wildman–Crippen MR) is 83.5 cm³/mol. The lowest BCUT2D eigenvalue weighted by molar-refractivity contribution is 0.0317. The van der Waals surface area contributed by atoms with E-state index in [2.05, 4.69) is 10.1 Å². The number of nitrogens with zero attached hydrogens (tertiary/aromatic N) is 2. The van der Waals surface area contributed by atoms with Crippen LogP contribution in [-0.2, 0) is 0 Å². The molecule has 0 bridgehead atoms. The molecule has 1 aliphatic rings. The van der Waals surface area contributed by atoms with E-state index in [1.54, 1.807) is 0 Å². The van der Waals surface area contributed by atoms with Gasteiger partial charge in [0.05, 0.1) is 12.0 Å². The van der Waals surface area contributed by atoms with Gasteiger partial charge in [0.25, 0.3) is 0 Å². The van der Waals surface area contributed by atoms with Gasteiger partial charge in [0.15, 0.2) is 0 Å². The number of rotatable bonds is 5. The first-order chi connectivity index (χ1) is 10.1. The van der Waals surface area contributed by atoms with Crippen molar-refractivity contribution in [1.29, 1.82) is 0 Å². The molecule has 21 heavy (non-hydrogen) atoms. The number of hydrogen-bond donors (Lipinski definition) is 3. The zero-order valence-corrected chi connectivity index (χ0v) is 12.5. The molecule has 0 aliphatic heterocycles. The quantitative estimate of drug-likeness (QED) is 0.334. The van der Waals surface area contributed by atoms with Crippen molar-refractivity contribution >= 4 is 5.84 Å². The van der Waals surface area contributed by atoms with E-state index in [1.807, 2.05) is 37.4 Å². The molecule has 1 saturated carbocycles. The van der Waals surface area contributed by atoms with E-state index in [0.717, 1.165) is 31.2 Å². The minimum Gasteiger partial charge on any atom is -0.409 e. The normalized spacial score (nSPS) is 25.0. The highest BCUT2D eigenvalue weighted by atomic mass is 16.4. The Morgan fingerprint density at radius 3 is 2.62 bits per heavy atom. The lowest BCUT2D eigenvalue weighted by Gasteiger charge is -2.36. The van der Waals surface area contributed by atoms with Crippen molar-refractivity contribution in [2.45, 2.75) is 43.7 Å². The summed E-state index contributed by atoms with van der Waals surface area (Å²) in [4.78, 5) is 2.14. The van der Waals surface area contributed by atoms with Crippen molar-refractivity contribution in [2.24, 2.45) is 10.9 Å². The van der Waals surface area contributed by atoms with Gasteiger partial charge in [-0.2, -0.15) is 0 Å². The van der Waals surface area contributed by atoms with Crippen molar-refractivity contribution < 1.29 is 10.3 Å². The van der Waals surface area contributed by atoms with Gasteiger partial charge < -0.3 is 16.0 Å². The van der Waals surface area contributed by atoms with Crippen molar-refractivity contribution in [3.8, 4) is 0 Å². The van der Waals surface area contributed by atoms with Crippen LogP contribution in [0.5, 0.6) is 0 Å². The molecule has 1 aromatic carbocycles. The van der Waals surface area contributed by atoms with Gasteiger partial charge in [0, 0.05) is 12.6 Å². The molecule has 1 fully saturated rings. The lowest BCUT2D eigenvalue weighted by atomic mass is 9.90. The van der Waals surface area contributed by atoms with Gasteiger partial charge in [0.1, 0.15) is 5.84 Å². The molecule has 0 heterocycles. The molecule has 0 amide bonds. The van der Waals surface area contributed by atoms with Crippen molar-refractivity contribution in [1.82, 2.24) is 4.90 Å². The fourth-order valence-corrected chi connectivity index (χ4v) is 3.15. The molecule has 1 aromatic rings. The molecule has 5 nitrogen and oxygen atoms in total. The molecule has 0 aromatic heterocycles. The van der Waals surface area contributed by atoms with Gasteiger partial charge >= 0.3 is 0 Å². The Balaban J connectivity index is 2.11. The molecule has 0 radical (unpaired) electrons.